The van der Waals surface area contributed by atoms with Crippen LogP contribution in [0.25, 0.3) is 0 Å². The summed E-state index contributed by atoms with van der Waals surface area (Å²) in [6, 6.07) is 0. The molecule has 1 saturated carbocycles. The Kier molecular flexibility index (Phi) is 19.2. The van der Waals surface area contributed by atoms with Crippen molar-refractivity contribution in [3.8, 4) is 0 Å². The Morgan fingerprint density at radius 3 is 1.66 bits per heavy atom. The maximum Gasteiger partial charge on any atom is 0.309 e. The Morgan fingerprint density at radius 2 is 1.17 bits per heavy atom. The first-order valence-electron chi connectivity index (χ1n) is 15.4. The van der Waals surface area contributed by atoms with Crippen LogP contribution in [0.4, 0.5) is 0 Å². The first-order chi connectivity index (χ1) is 16.9. The molecule has 4 heteroatoms. The van der Waals surface area contributed by atoms with E-state index in [1.165, 1.54) is 89.9 Å². The molecule has 0 aromatic rings. The van der Waals surface area contributed by atoms with E-state index in [-0.39, 0.29) is 23.9 Å². The molecule has 0 aromatic heterocycles. The molecule has 206 valence electrons. The highest BCUT2D eigenvalue weighted by Gasteiger charge is 2.32. The predicted molar refractivity (Wildman–Crippen MR) is 147 cm³/mol. The van der Waals surface area contributed by atoms with Gasteiger partial charge in [-0.3, -0.25) is 9.59 Å². The van der Waals surface area contributed by atoms with Crippen molar-refractivity contribution in [1.82, 2.24) is 0 Å². The number of aliphatic carboxylic acids is 1. The second-order valence-corrected chi connectivity index (χ2v) is 11.7. The van der Waals surface area contributed by atoms with Crippen LogP contribution >= 0.6 is 0 Å². The van der Waals surface area contributed by atoms with Crippen molar-refractivity contribution < 1.29 is 19.4 Å². The fourth-order valence-corrected chi connectivity index (χ4v) is 5.47. The summed E-state index contributed by atoms with van der Waals surface area (Å²) in [5, 5.41) is 9.36. The lowest BCUT2D eigenvalue weighted by molar-refractivity contribution is -0.158. The first-order valence-corrected chi connectivity index (χ1v) is 15.4. The summed E-state index contributed by atoms with van der Waals surface area (Å²) in [6.07, 6.45) is 25.4. The van der Waals surface area contributed by atoms with Crippen LogP contribution in [0, 0.1) is 17.8 Å². The van der Waals surface area contributed by atoms with E-state index < -0.39 is 5.97 Å². The lowest BCUT2D eigenvalue weighted by Gasteiger charge is -2.27. The molecule has 1 aliphatic rings. The van der Waals surface area contributed by atoms with Gasteiger partial charge in [0.2, 0.25) is 0 Å². The van der Waals surface area contributed by atoms with Crippen LogP contribution < -0.4 is 0 Å². The van der Waals surface area contributed by atoms with Crippen LogP contribution in [-0.2, 0) is 14.3 Å². The third kappa shape index (κ3) is 17.1. The van der Waals surface area contributed by atoms with Gasteiger partial charge in [-0.1, -0.05) is 117 Å². The van der Waals surface area contributed by atoms with Crippen LogP contribution in [0.3, 0.4) is 0 Å². The zero-order valence-electron chi connectivity index (χ0n) is 23.5. The van der Waals surface area contributed by atoms with Gasteiger partial charge in [-0.25, -0.2) is 0 Å². The Morgan fingerprint density at radius 1 is 0.714 bits per heavy atom. The summed E-state index contributed by atoms with van der Waals surface area (Å²) in [5.41, 5.74) is 0. The van der Waals surface area contributed by atoms with Gasteiger partial charge in [0.25, 0.3) is 0 Å². The minimum Gasteiger partial charge on any atom is -0.481 e. The van der Waals surface area contributed by atoms with Crippen molar-refractivity contribution >= 4 is 11.9 Å². The largest absolute Gasteiger partial charge is 0.481 e. The van der Waals surface area contributed by atoms with E-state index in [1.54, 1.807) is 0 Å². The number of carbonyl (C=O) groups excluding carboxylic acids is 1. The number of carboxylic acids is 1. The van der Waals surface area contributed by atoms with Crippen LogP contribution in [0.15, 0.2) is 0 Å². The average molecular weight is 495 g/mol. The molecule has 4 nitrogen and oxygen atoms in total. The van der Waals surface area contributed by atoms with E-state index in [0.29, 0.717) is 12.8 Å². The van der Waals surface area contributed by atoms with Gasteiger partial charge in [0, 0.05) is 0 Å². The quantitative estimate of drug-likeness (QED) is 0.120. The Labute approximate surface area is 217 Å². The number of carbonyl (C=O) groups is 2. The Balaban J connectivity index is 2.32. The molecule has 0 saturated heterocycles. The molecule has 3 atom stereocenters. The highest BCUT2D eigenvalue weighted by atomic mass is 16.5. The Hall–Kier alpha value is -1.06. The van der Waals surface area contributed by atoms with Crippen molar-refractivity contribution in [2.75, 3.05) is 0 Å². The zero-order valence-corrected chi connectivity index (χ0v) is 23.5. The Bertz CT molecular complexity index is 530. The number of unbranched alkanes of at least 4 members (excludes halogenated alkanes) is 13. The summed E-state index contributed by atoms with van der Waals surface area (Å²) in [4.78, 5) is 24.3. The average Bonchev–Trinajstić information content (AvgIpc) is 2.84. The topological polar surface area (TPSA) is 63.6 Å². The van der Waals surface area contributed by atoms with Gasteiger partial charge in [0.15, 0.2) is 0 Å². The van der Waals surface area contributed by atoms with E-state index >= 15 is 0 Å². The molecule has 1 aliphatic carbocycles. The monoisotopic (exact) mass is 494 g/mol. The molecule has 0 bridgehead atoms. The molecule has 0 aromatic carbocycles. The van der Waals surface area contributed by atoms with Crippen molar-refractivity contribution in [3.05, 3.63) is 0 Å². The van der Waals surface area contributed by atoms with Crippen LogP contribution in [0.5, 0.6) is 0 Å². The minimum absolute atomic E-state index is 0.0105. The van der Waals surface area contributed by atoms with Gasteiger partial charge in [-0.05, 0) is 50.9 Å². The predicted octanol–water partition coefficient (Wildman–Crippen LogP) is 9.49. The van der Waals surface area contributed by atoms with E-state index in [9.17, 15) is 14.7 Å². The van der Waals surface area contributed by atoms with Crippen LogP contribution in [0.1, 0.15) is 162 Å². The van der Waals surface area contributed by atoms with Gasteiger partial charge in [-0.2, -0.15) is 0 Å². The number of carboxylic acid groups (broad SMARTS) is 1. The van der Waals surface area contributed by atoms with E-state index in [0.717, 1.165) is 44.4 Å². The molecule has 0 amide bonds. The number of hydrogen-bond acceptors (Lipinski definition) is 3. The molecule has 0 heterocycles. The maximum atomic E-state index is 12.9. The van der Waals surface area contributed by atoms with E-state index in [1.807, 2.05) is 0 Å². The van der Waals surface area contributed by atoms with Gasteiger partial charge in [0.1, 0.15) is 6.10 Å². The lowest BCUT2D eigenvalue weighted by Crippen LogP contribution is -2.31. The standard InChI is InChI=1S/C31H58O4/c1-4-5-6-7-8-9-10-11-12-13-17-23-29(24-18-15-14-16-20-26(2)3)35-31(34)28-22-19-21-27(25-28)30(32)33/h26-29H,4-25H2,1-3H3,(H,32,33). The van der Waals surface area contributed by atoms with Crippen molar-refractivity contribution in [2.45, 2.75) is 168 Å². The second kappa shape index (κ2) is 21.1. The zero-order chi connectivity index (χ0) is 25.7. The third-order valence-corrected chi connectivity index (χ3v) is 7.83. The van der Waals surface area contributed by atoms with Crippen LogP contribution in [-0.4, -0.2) is 23.1 Å². The van der Waals surface area contributed by atoms with Gasteiger partial charge in [-0.15, -0.1) is 0 Å². The van der Waals surface area contributed by atoms with Crippen molar-refractivity contribution in [3.63, 3.8) is 0 Å². The number of rotatable bonds is 22. The summed E-state index contributed by atoms with van der Waals surface area (Å²) in [6.45, 7) is 6.83. The number of ether oxygens (including phenoxy) is 1. The molecule has 0 radical (unpaired) electrons. The molecule has 35 heavy (non-hydrogen) atoms. The lowest BCUT2D eigenvalue weighted by atomic mass is 9.81. The number of esters is 1. The maximum absolute atomic E-state index is 12.9. The van der Waals surface area contributed by atoms with Crippen molar-refractivity contribution in [2.24, 2.45) is 17.8 Å². The summed E-state index contributed by atoms with van der Waals surface area (Å²) >= 11 is 0. The summed E-state index contributed by atoms with van der Waals surface area (Å²) in [7, 11) is 0. The minimum atomic E-state index is -0.763. The smallest absolute Gasteiger partial charge is 0.309 e. The molecular formula is C31H58O4. The van der Waals surface area contributed by atoms with E-state index in [2.05, 4.69) is 20.8 Å². The molecule has 0 aliphatic heterocycles. The van der Waals surface area contributed by atoms with Gasteiger partial charge in [0.05, 0.1) is 11.8 Å². The number of hydrogen-bond donors (Lipinski definition) is 1. The van der Waals surface area contributed by atoms with Gasteiger partial charge < -0.3 is 9.84 Å². The SMILES string of the molecule is CCCCCCCCCCCCCC(CCCCCCC(C)C)OC(=O)C1CCCC(C(=O)O)C1. The second-order valence-electron chi connectivity index (χ2n) is 11.7. The summed E-state index contributed by atoms with van der Waals surface area (Å²) in [5.74, 6) is -0.733. The summed E-state index contributed by atoms with van der Waals surface area (Å²) < 4.78 is 6.02. The fourth-order valence-electron chi connectivity index (χ4n) is 5.47. The molecule has 0 spiro atoms. The third-order valence-electron chi connectivity index (χ3n) is 7.83. The molecule has 1 N–H and O–H groups in total. The highest BCUT2D eigenvalue weighted by molar-refractivity contribution is 5.75. The molecule has 1 fully saturated rings. The molecule has 3 unspecified atom stereocenters. The van der Waals surface area contributed by atoms with E-state index in [4.69, 9.17) is 4.74 Å². The molecular weight excluding hydrogens is 436 g/mol. The fraction of sp³-hybridized carbons (Fsp3) is 0.935. The highest BCUT2D eigenvalue weighted by Crippen LogP contribution is 2.31. The van der Waals surface area contributed by atoms with Crippen LogP contribution in [0.2, 0.25) is 0 Å². The van der Waals surface area contributed by atoms with Crippen molar-refractivity contribution in [1.29, 1.82) is 0 Å². The van der Waals surface area contributed by atoms with Gasteiger partial charge >= 0.3 is 11.9 Å². The normalized spacial score (nSPS) is 19.1. The molecule has 1 rings (SSSR count). The first kappa shape index (κ1) is 32.0.